The molecule has 0 aromatic carbocycles. The Hall–Kier alpha value is -1.36. The predicted octanol–water partition coefficient (Wildman–Crippen LogP) is 1.62. The Balaban J connectivity index is 1.62. The van der Waals surface area contributed by atoms with Gasteiger partial charge in [-0.3, -0.25) is 9.89 Å². The van der Waals surface area contributed by atoms with Gasteiger partial charge in [0.1, 0.15) is 6.61 Å². The van der Waals surface area contributed by atoms with Crippen LogP contribution in [-0.4, -0.2) is 28.8 Å². The quantitative estimate of drug-likeness (QED) is 0.835. The molecule has 1 fully saturated rings. The Bertz CT molecular complexity index is 364. The van der Waals surface area contributed by atoms with Gasteiger partial charge in [-0.1, -0.05) is 19.8 Å². The van der Waals surface area contributed by atoms with Crippen LogP contribution in [0.15, 0.2) is 12.3 Å². The lowest BCUT2D eigenvalue weighted by atomic mass is 9.89. The zero-order chi connectivity index (χ0) is 12.8. The number of aromatic amines is 1. The van der Waals surface area contributed by atoms with Crippen molar-refractivity contribution < 1.29 is 9.53 Å². The van der Waals surface area contributed by atoms with Crippen molar-refractivity contribution in [3.8, 4) is 0 Å². The van der Waals surface area contributed by atoms with Crippen LogP contribution in [0.3, 0.4) is 0 Å². The van der Waals surface area contributed by atoms with E-state index in [2.05, 4.69) is 22.4 Å². The van der Waals surface area contributed by atoms with Crippen LogP contribution in [0.2, 0.25) is 0 Å². The van der Waals surface area contributed by atoms with E-state index < -0.39 is 0 Å². The third kappa shape index (κ3) is 4.14. The van der Waals surface area contributed by atoms with Gasteiger partial charge >= 0.3 is 0 Å². The van der Waals surface area contributed by atoms with Crippen molar-refractivity contribution in [3.05, 3.63) is 18.0 Å². The second-order valence-corrected chi connectivity index (χ2v) is 5.06. The van der Waals surface area contributed by atoms with Gasteiger partial charge in [0, 0.05) is 6.20 Å². The molecule has 0 bridgehead atoms. The van der Waals surface area contributed by atoms with Gasteiger partial charge in [-0.05, 0) is 24.8 Å². The molecule has 1 saturated carbocycles. The van der Waals surface area contributed by atoms with Crippen molar-refractivity contribution in [1.82, 2.24) is 15.5 Å². The van der Waals surface area contributed by atoms with Crippen molar-refractivity contribution in [3.63, 3.8) is 0 Å². The van der Waals surface area contributed by atoms with E-state index >= 15 is 0 Å². The Morgan fingerprint density at radius 1 is 1.61 bits per heavy atom. The summed E-state index contributed by atoms with van der Waals surface area (Å²) in [5, 5.41) is 9.42. The fraction of sp³-hybridized carbons (Fsp3) is 0.692. The first-order valence-corrected chi connectivity index (χ1v) is 6.60. The molecule has 0 saturated heterocycles. The highest BCUT2D eigenvalue weighted by atomic mass is 16.5. The molecule has 1 aromatic heterocycles. The van der Waals surface area contributed by atoms with Crippen molar-refractivity contribution in [1.29, 1.82) is 0 Å². The van der Waals surface area contributed by atoms with Crippen LogP contribution in [0.5, 0.6) is 0 Å². The molecule has 1 aliphatic rings. The number of carbonyl (C=O) groups excluding carboxylic acids is 1. The summed E-state index contributed by atoms with van der Waals surface area (Å²) in [4.78, 5) is 11.6. The van der Waals surface area contributed by atoms with Gasteiger partial charge in [0.2, 0.25) is 5.91 Å². The largest absolute Gasteiger partial charge is 0.368 e. The second kappa shape index (κ2) is 6.54. The number of nitrogens with zero attached hydrogens (tertiary/aromatic N) is 1. The average molecular weight is 251 g/mol. The van der Waals surface area contributed by atoms with E-state index in [-0.39, 0.29) is 18.6 Å². The van der Waals surface area contributed by atoms with Crippen molar-refractivity contribution in [2.45, 2.75) is 45.3 Å². The number of hydrogen-bond acceptors (Lipinski definition) is 3. The smallest absolute Gasteiger partial charge is 0.246 e. The molecule has 18 heavy (non-hydrogen) atoms. The fourth-order valence-corrected chi connectivity index (χ4v) is 2.35. The first-order chi connectivity index (χ1) is 8.74. The topological polar surface area (TPSA) is 67.0 Å². The number of aromatic nitrogens is 2. The van der Waals surface area contributed by atoms with E-state index in [1.807, 2.05) is 6.07 Å². The number of hydrogen-bond donors (Lipinski definition) is 2. The van der Waals surface area contributed by atoms with Crippen LogP contribution in [0, 0.1) is 5.92 Å². The fourth-order valence-electron chi connectivity index (χ4n) is 2.35. The highest BCUT2D eigenvalue weighted by Gasteiger charge is 2.19. The maximum Gasteiger partial charge on any atom is 0.246 e. The standard InChI is InChI=1S/C13H21N3O2/c1-10-3-2-4-12(7-10)18-9-13(17)14-8-11-5-6-15-16-11/h5-6,10,12H,2-4,7-9H2,1H3,(H,14,17)(H,15,16)/t10-,12-/m0/s1. The van der Waals surface area contributed by atoms with Crippen LogP contribution in [-0.2, 0) is 16.1 Å². The lowest BCUT2D eigenvalue weighted by Crippen LogP contribution is -2.31. The van der Waals surface area contributed by atoms with E-state index in [0.29, 0.717) is 6.54 Å². The maximum absolute atomic E-state index is 11.6. The molecule has 2 N–H and O–H groups in total. The van der Waals surface area contributed by atoms with Gasteiger partial charge in [-0.25, -0.2) is 0 Å². The molecule has 100 valence electrons. The minimum atomic E-state index is -0.0668. The molecule has 0 radical (unpaired) electrons. The molecule has 2 atom stereocenters. The molecule has 5 nitrogen and oxygen atoms in total. The summed E-state index contributed by atoms with van der Waals surface area (Å²) < 4.78 is 5.65. The number of carbonyl (C=O) groups is 1. The van der Waals surface area contributed by atoms with Gasteiger partial charge in [-0.2, -0.15) is 5.10 Å². The Kier molecular flexibility index (Phi) is 4.75. The monoisotopic (exact) mass is 251 g/mol. The summed E-state index contributed by atoms with van der Waals surface area (Å²) in [6.07, 6.45) is 6.58. The zero-order valence-electron chi connectivity index (χ0n) is 10.8. The molecule has 0 aliphatic heterocycles. The van der Waals surface area contributed by atoms with Gasteiger partial charge in [0.15, 0.2) is 0 Å². The normalized spacial score (nSPS) is 23.8. The molecular weight excluding hydrogens is 230 g/mol. The molecule has 1 heterocycles. The molecule has 0 unspecified atom stereocenters. The number of rotatable bonds is 5. The Labute approximate surface area is 107 Å². The molecule has 1 aliphatic carbocycles. The summed E-state index contributed by atoms with van der Waals surface area (Å²) in [5.41, 5.74) is 0.898. The van der Waals surface area contributed by atoms with Crippen molar-refractivity contribution in [2.24, 2.45) is 5.92 Å². The van der Waals surface area contributed by atoms with Gasteiger partial charge < -0.3 is 10.1 Å². The van der Waals surface area contributed by atoms with Crippen LogP contribution < -0.4 is 5.32 Å². The van der Waals surface area contributed by atoms with Crippen LogP contribution in [0.1, 0.15) is 38.3 Å². The first kappa shape index (κ1) is 13.1. The summed E-state index contributed by atoms with van der Waals surface area (Å²) in [6, 6.07) is 1.84. The third-order valence-corrected chi connectivity index (χ3v) is 3.37. The van der Waals surface area contributed by atoms with Gasteiger partial charge in [0.25, 0.3) is 0 Å². The summed E-state index contributed by atoms with van der Waals surface area (Å²) in [5.74, 6) is 0.652. The highest BCUT2D eigenvalue weighted by Crippen LogP contribution is 2.25. The van der Waals surface area contributed by atoms with Crippen molar-refractivity contribution in [2.75, 3.05) is 6.61 Å². The number of ether oxygens (including phenoxy) is 1. The maximum atomic E-state index is 11.6. The number of H-pyrrole nitrogens is 1. The summed E-state index contributed by atoms with van der Waals surface area (Å²) in [7, 11) is 0. The van der Waals surface area contributed by atoms with E-state index in [1.54, 1.807) is 6.20 Å². The molecule has 5 heteroatoms. The molecule has 1 aromatic rings. The summed E-state index contributed by atoms with van der Waals surface area (Å²) in [6.45, 7) is 2.88. The second-order valence-electron chi connectivity index (χ2n) is 5.06. The third-order valence-electron chi connectivity index (χ3n) is 3.37. The van der Waals surface area contributed by atoms with E-state index in [0.717, 1.165) is 24.5 Å². The van der Waals surface area contributed by atoms with E-state index in [1.165, 1.54) is 12.8 Å². The lowest BCUT2D eigenvalue weighted by Gasteiger charge is -2.26. The zero-order valence-corrected chi connectivity index (χ0v) is 10.8. The summed E-state index contributed by atoms with van der Waals surface area (Å²) >= 11 is 0. The minimum Gasteiger partial charge on any atom is -0.368 e. The molecular formula is C13H21N3O2. The first-order valence-electron chi connectivity index (χ1n) is 6.60. The minimum absolute atomic E-state index is 0.0668. The van der Waals surface area contributed by atoms with Crippen LogP contribution in [0.4, 0.5) is 0 Å². The molecule has 2 rings (SSSR count). The Morgan fingerprint density at radius 3 is 3.22 bits per heavy atom. The van der Waals surface area contributed by atoms with E-state index in [9.17, 15) is 4.79 Å². The molecule has 1 amide bonds. The van der Waals surface area contributed by atoms with Crippen LogP contribution >= 0.6 is 0 Å². The number of amides is 1. The van der Waals surface area contributed by atoms with Crippen molar-refractivity contribution >= 4 is 5.91 Å². The van der Waals surface area contributed by atoms with Gasteiger partial charge in [-0.15, -0.1) is 0 Å². The number of nitrogens with one attached hydrogen (secondary N) is 2. The SMILES string of the molecule is C[C@H]1CCC[C@H](OCC(=O)NCc2ccn[nH]2)C1. The van der Waals surface area contributed by atoms with E-state index in [4.69, 9.17) is 4.74 Å². The van der Waals surface area contributed by atoms with Crippen LogP contribution in [0.25, 0.3) is 0 Å². The van der Waals surface area contributed by atoms with Gasteiger partial charge in [0.05, 0.1) is 18.3 Å². The highest BCUT2D eigenvalue weighted by molar-refractivity contribution is 5.77. The lowest BCUT2D eigenvalue weighted by molar-refractivity contribution is -0.128. The Morgan fingerprint density at radius 2 is 2.50 bits per heavy atom. The average Bonchev–Trinajstić information content (AvgIpc) is 2.87. The molecule has 0 spiro atoms. The predicted molar refractivity (Wildman–Crippen MR) is 67.8 cm³/mol.